The highest BCUT2D eigenvalue weighted by Crippen LogP contribution is 2.22. The number of aryl methyl sites for hydroxylation is 1. The van der Waals surface area contributed by atoms with E-state index in [1.54, 1.807) is 12.1 Å². The predicted octanol–water partition coefficient (Wildman–Crippen LogP) is 2.27. The zero-order valence-electron chi connectivity index (χ0n) is 19.8. The van der Waals surface area contributed by atoms with Crippen LogP contribution >= 0.6 is 0 Å². The largest absolute Gasteiger partial charge is 0.489 e. The number of esters is 1. The number of fused-ring (bicyclic) bond motifs is 1. The van der Waals surface area contributed by atoms with E-state index < -0.39 is 22.0 Å². The third kappa shape index (κ3) is 6.15. The van der Waals surface area contributed by atoms with Crippen molar-refractivity contribution in [2.75, 3.05) is 40.0 Å². The second kappa shape index (κ2) is 11.1. The average Bonchev–Trinajstić information content (AvgIpc) is 2.88. The SMILES string of the molecule is COC(=O)[C@H](CNS(=O)(=O)c1ccc(OCc2cc(C)nc3ccccc23)cc1)N1CCOCC1. The maximum atomic E-state index is 12.9. The normalized spacial score (nSPS) is 15.6. The van der Waals surface area contributed by atoms with E-state index in [1.165, 1.54) is 19.2 Å². The topological polar surface area (TPSA) is 107 Å². The number of ether oxygens (including phenoxy) is 3. The molecule has 0 spiro atoms. The molecule has 9 nitrogen and oxygen atoms in total. The van der Waals surface area contributed by atoms with Gasteiger partial charge in [-0.1, -0.05) is 18.2 Å². The van der Waals surface area contributed by atoms with E-state index in [0.717, 1.165) is 22.2 Å². The zero-order chi connectivity index (χ0) is 24.8. The Morgan fingerprint density at radius 3 is 2.57 bits per heavy atom. The number of benzene rings is 2. The van der Waals surface area contributed by atoms with Crippen LogP contribution in [-0.2, 0) is 30.9 Å². The van der Waals surface area contributed by atoms with Crippen molar-refractivity contribution in [2.45, 2.75) is 24.5 Å². The van der Waals surface area contributed by atoms with Gasteiger partial charge in [0.05, 0.1) is 30.7 Å². The molecule has 0 aliphatic carbocycles. The Hall–Kier alpha value is -3.05. The fourth-order valence-corrected chi connectivity index (χ4v) is 5.09. The molecule has 1 aromatic heterocycles. The molecule has 2 aromatic carbocycles. The number of aromatic nitrogens is 1. The van der Waals surface area contributed by atoms with Crippen LogP contribution < -0.4 is 9.46 Å². The molecule has 4 rings (SSSR count). The van der Waals surface area contributed by atoms with Gasteiger partial charge < -0.3 is 14.2 Å². The Kier molecular flexibility index (Phi) is 7.97. The predicted molar refractivity (Wildman–Crippen MR) is 131 cm³/mol. The van der Waals surface area contributed by atoms with Crippen molar-refractivity contribution in [1.29, 1.82) is 0 Å². The number of para-hydroxylation sites is 1. The number of carbonyl (C=O) groups is 1. The number of carbonyl (C=O) groups excluding carboxylic acids is 1. The molecule has 0 saturated carbocycles. The summed E-state index contributed by atoms with van der Waals surface area (Å²) in [5, 5.41) is 1.02. The molecule has 186 valence electrons. The van der Waals surface area contributed by atoms with Crippen LogP contribution in [-0.4, -0.2) is 70.3 Å². The molecule has 1 atom stereocenters. The van der Waals surface area contributed by atoms with E-state index in [4.69, 9.17) is 14.2 Å². The summed E-state index contributed by atoms with van der Waals surface area (Å²) in [6.07, 6.45) is 0. The van der Waals surface area contributed by atoms with Gasteiger partial charge in [-0.2, -0.15) is 0 Å². The molecule has 3 aromatic rings. The minimum Gasteiger partial charge on any atom is -0.489 e. The van der Waals surface area contributed by atoms with Crippen LogP contribution in [0.4, 0.5) is 0 Å². The molecule has 0 amide bonds. The highest BCUT2D eigenvalue weighted by atomic mass is 32.2. The minimum atomic E-state index is -3.83. The van der Waals surface area contributed by atoms with Crippen molar-refractivity contribution in [3.63, 3.8) is 0 Å². The van der Waals surface area contributed by atoms with Crippen molar-refractivity contribution in [2.24, 2.45) is 0 Å². The molecule has 1 saturated heterocycles. The first-order valence-corrected chi connectivity index (χ1v) is 12.8. The van der Waals surface area contributed by atoms with E-state index >= 15 is 0 Å². The summed E-state index contributed by atoms with van der Waals surface area (Å²) in [5.74, 6) is 0.0560. The number of hydrogen-bond acceptors (Lipinski definition) is 8. The summed E-state index contributed by atoms with van der Waals surface area (Å²) in [4.78, 5) is 18.7. The molecular weight excluding hydrogens is 470 g/mol. The van der Waals surface area contributed by atoms with Gasteiger partial charge in [-0.3, -0.25) is 14.7 Å². The fraction of sp³-hybridized carbons (Fsp3) is 0.360. The molecule has 1 fully saturated rings. The van der Waals surface area contributed by atoms with Gasteiger partial charge in [0.15, 0.2) is 0 Å². The van der Waals surface area contributed by atoms with Gasteiger partial charge in [-0.25, -0.2) is 13.1 Å². The van der Waals surface area contributed by atoms with Crippen molar-refractivity contribution in [3.8, 4) is 5.75 Å². The van der Waals surface area contributed by atoms with Gasteiger partial charge in [-0.05, 0) is 43.3 Å². The summed E-state index contributed by atoms with van der Waals surface area (Å²) in [6.45, 7) is 4.19. The quantitative estimate of drug-likeness (QED) is 0.447. The van der Waals surface area contributed by atoms with Gasteiger partial charge in [0.25, 0.3) is 0 Å². The Balaban J connectivity index is 1.41. The van der Waals surface area contributed by atoms with E-state index in [-0.39, 0.29) is 11.4 Å². The highest BCUT2D eigenvalue weighted by Gasteiger charge is 2.30. The Morgan fingerprint density at radius 1 is 1.14 bits per heavy atom. The first-order chi connectivity index (χ1) is 16.9. The molecule has 0 radical (unpaired) electrons. The summed E-state index contributed by atoms with van der Waals surface area (Å²) < 4.78 is 44.3. The number of nitrogens with one attached hydrogen (secondary N) is 1. The monoisotopic (exact) mass is 499 g/mol. The summed E-state index contributed by atoms with van der Waals surface area (Å²) in [5.41, 5.74) is 2.81. The molecular formula is C25H29N3O6S. The Bertz CT molecular complexity index is 1270. The fourth-order valence-electron chi connectivity index (χ4n) is 4.05. The van der Waals surface area contributed by atoms with E-state index in [2.05, 4.69) is 9.71 Å². The molecule has 10 heteroatoms. The van der Waals surface area contributed by atoms with Gasteiger partial charge >= 0.3 is 5.97 Å². The lowest BCUT2D eigenvalue weighted by atomic mass is 10.1. The summed E-state index contributed by atoms with van der Waals surface area (Å²) in [7, 11) is -2.54. The standard InChI is InChI=1S/C25H29N3O6S/c1-18-15-19(22-5-3-4-6-23(22)27-18)17-34-20-7-9-21(10-8-20)35(30,31)26-16-24(25(29)32-2)28-11-13-33-14-12-28/h3-10,15,24,26H,11-14,16-17H2,1-2H3/t24-/m0/s1. The van der Waals surface area contributed by atoms with Crippen LogP contribution in [0.2, 0.25) is 0 Å². The van der Waals surface area contributed by atoms with Crippen LogP contribution in [0.3, 0.4) is 0 Å². The van der Waals surface area contributed by atoms with Crippen molar-refractivity contribution < 1.29 is 27.4 Å². The maximum absolute atomic E-state index is 12.9. The smallest absolute Gasteiger partial charge is 0.324 e. The van der Waals surface area contributed by atoms with Gasteiger partial charge in [0, 0.05) is 36.3 Å². The van der Waals surface area contributed by atoms with Gasteiger partial charge in [-0.15, -0.1) is 0 Å². The summed E-state index contributed by atoms with van der Waals surface area (Å²) >= 11 is 0. The highest BCUT2D eigenvalue weighted by molar-refractivity contribution is 7.89. The third-order valence-electron chi connectivity index (χ3n) is 5.88. The minimum absolute atomic E-state index is 0.0839. The number of methoxy groups -OCH3 is 1. The number of hydrogen-bond donors (Lipinski definition) is 1. The number of rotatable bonds is 9. The van der Waals surface area contributed by atoms with Crippen molar-refractivity contribution >= 4 is 26.9 Å². The number of morpholine rings is 1. The van der Waals surface area contributed by atoms with E-state index in [9.17, 15) is 13.2 Å². The second-order valence-electron chi connectivity index (χ2n) is 8.24. The first kappa shape index (κ1) is 25.1. The van der Waals surface area contributed by atoms with Crippen LogP contribution in [0.15, 0.2) is 59.5 Å². The van der Waals surface area contributed by atoms with Crippen LogP contribution in [0.5, 0.6) is 5.75 Å². The van der Waals surface area contributed by atoms with E-state index in [1.807, 2.05) is 42.2 Å². The maximum Gasteiger partial charge on any atom is 0.324 e. The van der Waals surface area contributed by atoms with Crippen LogP contribution in [0.1, 0.15) is 11.3 Å². The molecule has 0 unspecified atom stereocenters. The first-order valence-electron chi connectivity index (χ1n) is 11.3. The molecule has 1 aliphatic heterocycles. The number of nitrogens with zero attached hydrogens (tertiary/aromatic N) is 2. The second-order valence-corrected chi connectivity index (χ2v) is 10.0. The lowest BCUT2D eigenvalue weighted by Crippen LogP contribution is -2.52. The van der Waals surface area contributed by atoms with Crippen LogP contribution in [0.25, 0.3) is 10.9 Å². The van der Waals surface area contributed by atoms with Gasteiger partial charge in [0.2, 0.25) is 10.0 Å². The van der Waals surface area contributed by atoms with Crippen LogP contribution in [0, 0.1) is 6.92 Å². The molecule has 1 aliphatic rings. The Labute approximate surface area is 205 Å². The summed E-state index contributed by atoms with van der Waals surface area (Å²) in [6, 6.07) is 15.3. The Morgan fingerprint density at radius 2 is 1.86 bits per heavy atom. The lowest BCUT2D eigenvalue weighted by Gasteiger charge is -2.32. The van der Waals surface area contributed by atoms with Crippen molar-refractivity contribution in [1.82, 2.24) is 14.6 Å². The van der Waals surface area contributed by atoms with Gasteiger partial charge in [0.1, 0.15) is 18.4 Å². The molecule has 35 heavy (non-hydrogen) atoms. The lowest BCUT2D eigenvalue weighted by molar-refractivity contribution is -0.148. The van der Waals surface area contributed by atoms with E-state index in [0.29, 0.717) is 38.7 Å². The number of sulfonamides is 1. The molecule has 2 heterocycles. The zero-order valence-corrected chi connectivity index (χ0v) is 20.6. The number of pyridine rings is 1. The third-order valence-corrected chi connectivity index (χ3v) is 7.32. The van der Waals surface area contributed by atoms with Crippen molar-refractivity contribution in [3.05, 3.63) is 65.9 Å². The molecule has 0 bridgehead atoms. The molecule has 1 N–H and O–H groups in total. The average molecular weight is 500 g/mol.